The molecule has 1 aliphatic carbocycles. The molecule has 7 nitrogen and oxygen atoms in total. The summed E-state index contributed by atoms with van der Waals surface area (Å²) in [6.45, 7) is 3.38. The van der Waals surface area contributed by atoms with Gasteiger partial charge in [-0.1, -0.05) is 12.1 Å². The summed E-state index contributed by atoms with van der Waals surface area (Å²) in [5.41, 5.74) is 9.41. The van der Waals surface area contributed by atoms with E-state index in [-0.39, 0.29) is 11.7 Å². The predicted octanol–water partition coefficient (Wildman–Crippen LogP) is 2.88. The smallest absolute Gasteiger partial charge is 0.111 e. The van der Waals surface area contributed by atoms with E-state index in [1.807, 2.05) is 43.5 Å². The van der Waals surface area contributed by atoms with Gasteiger partial charge >= 0.3 is 0 Å². The normalized spacial score (nSPS) is 19.8. The first-order valence-corrected chi connectivity index (χ1v) is 10.0. The van der Waals surface area contributed by atoms with Crippen molar-refractivity contribution in [2.24, 2.45) is 16.6 Å². The Hall–Kier alpha value is -3.08. The number of allylic oxidation sites excluding steroid dienone is 3. The van der Waals surface area contributed by atoms with E-state index >= 15 is 0 Å². The maximum atomic E-state index is 9.75. The van der Waals surface area contributed by atoms with Crippen LogP contribution in [-0.4, -0.2) is 51.8 Å². The summed E-state index contributed by atoms with van der Waals surface area (Å²) < 4.78 is 4.72. The average molecular weight is 410 g/mol. The van der Waals surface area contributed by atoms with Gasteiger partial charge in [-0.25, -0.2) is 4.99 Å². The molecule has 1 fully saturated rings. The molecular formula is C23H31N5O2. The third-order valence-electron chi connectivity index (χ3n) is 4.94. The van der Waals surface area contributed by atoms with Gasteiger partial charge in [-0.05, 0) is 55.8 Å². The van der Waals surface area contributed by atoms with Crippen LogP contribution < -0.4 is 16.0 Å². The van der Waals surface area contributed by atoms with Gasteiger partial charge in [0.15, 0.2) is 0 Å². The van der Waals surface area contributed by atoms with E-state index in [1.54, 1.807) is 13.2 Å². The number of anilines is 1. The minimum absolute atomic E-state index is 0.0511. The highest BCUT2D eigenvalue weighted by Gasteiger charge is 2.24. The number of nitrogens with zero attached hydrogens (tertiary/aromatic N) is 3. The summed E-state index contributed by atoms with van der Waals surface area (Å²) in [6, 6.07) is 9.82. The average Bonchev–Trinajstić information content (AvgIpc) is 3.26. The number of nitriles is 1. The van der Waals surface area contributed by atoms with Crippen LogP contribution in [0.4, 0.5) is 5.69 Å². The van der Waals surface area contributed by atoms with Crippen LogP contribution in [0.5, 0.6) is 0 Å². The summed E-state index contributed by atoms with van der Waals surface area (Å²) >= 11 is 0. The van der Waals surface area contributed by atoms with Crippen molar-refractivity contribution >= 4 is 12.0 Å². The number of aliphatic imine (C=N–C) groups is 1. The number of methoxy groups -OCH3 is 1. The van der Waals surface area contributed by atoms with Crippen molar-refractivity contribution in [2.75, 3.05) is 45.3 Å². The molecule has 0 amide bonds. The van der Waals surface area contributed by atoms with Crippen molar-refractivity contribution in [3.8, 4) is 6.07 Å². The molecule has 0 radical (unpaired) electrons. The van der Waals surface area contributed by atoms with Gasteiger partial charge < -0.3 is 25.8 Å². The monoisotopic (exact) mass is 409 g/mol. The molecule has 2 aliphatic rings. The Bertz CT molecular complexity index is 847. The molecule has 160 valence electrons. The highest BCUT2D eigenvalue weighted by Crippen LogP contribution is 2.32. The zero-order chi connectivity index (χ0) is 21.8. The Balaban J connectivity index is 0.000000469. The van der Waals surface area contributed by atoms with E-state index in [9.17, 15) is 5.11 Å². The van der Waals surface area contributed by atoms with Gasteiger partial charge in [-0.2, -0.15) is 5.26 Å². The summed E-state index contributed by atoms with van der Waals surface area (Å²) in [4.78, 5) is 6.63. The van der Waals surface area contributed by atoms with Gasteiger partial charge in [0.25, 0.3) is 0 Å². The fraction of sp³-hybridized carbons (Fsp3) is 0.391. The third-order valence-corrected chi connectivity index (χ3v) is 4.94. The molecule has 0 saturated carbocycles. The number of hydrogen-bond donors (Lipinski definition) is 3. The number of rotatable bonds is 6. The second-order valence-electron chi connectivity index (χ2n) is 7.03. The fourth-order valence-electron chi connectivity index (χ4n) is 3.45. The first-order chi connectivity index (χ1) is 14.6. The minimum Gasteiger partial charge on any atom is -0.508 e. The zero-order valence-electron chi connectivity index (χ0n) is 17.7. The fourth-order valence-corrected chi connectivity index (χ4v) is 3.45. The van der Waals surface area contributed by atoms with Crippen LogP contribution in [0.3, 0.4) is 0 Å². The standard InChI is InChI=1S/C19H20N4O.C4H11NO/c20-11-14-3-1-5-17(9-14)23-8-7-16(12-23)19(22-13-21)15-4-2-6-18(24)10-15;1-5-3-4-6-2/h1-3,5-6,9-10,13,15,24H,4,7-8,12H2,(H2,21,22);5H,3-4H2,1-2H3/b19-16-;. The highest BCUT2D eigenvalue weighted by atomic mass is 16.5. The van der Waals surface area contributed by atoms with E-state index in [0.29, 0.717) is 5.56 Å². The summed E-state index contributed by atoms with van der Waals surface area (Å²) in [6.07, 6.45) is 8.52. The summed E-state index contributed by atoms with van der Waals surface area (Å²) in [5.74, 6) is 0.323. The zero-order valence-corrected chi connectivity index (χ0v) is 17.7. The van der Waals surface area contributed by atoms with Gasteiger partial charge in [0.1, 0.15) is 5.76 Å². The number of nitrogens with one attached hydrogen (secondary N) is 1. The van der Waals surface area contributed by atoms with E-state index in [0.717, 1.165) is 50.5 Å². The van der Waals surface area contributed by atoms with E-state index in [2.05, 4.69) is 21.3 Å². The van der Waals surface area contributed by atoms with Crippen molar-refractivity contribution in [1.82, 2.24) is 5.32 Å². The molecule has 1 saturated heterocycles. The number of likely N-dealkylation sites (N-methyl/N-ethyl adjacent to an activating group) is 1. The number of nitrogens with two attached hydrogens (primary N) is 1. The molecule has 1 aromatic rings. The molecule has 3 rings (SSSR count). The van der Waals surface area contributed by atoms with Crippen LogP contribution in [0.2, 0.25) is 0 Å². The lowest BCUT2D eigenvalue weighted by Gasteiger charge is -2.19. The topological polar surface area (TPSA) is 107 Å². The Morgan fingerprint density at radius 3 is 2.97 bits per heavy atom. The molecule has 1 unspecified atom stereocenters. The SMILES string of the molecule is CNCCOC.N#Cc1cccc(N2CC/C(=C(/N=CN)C3C=C(O)C=CC3)C2)c1. The third kappa shape index (κ3) is 6.76. The molecule has 1 aliphatic heterocycles. The second-order valence-corrected chi connectivity index (χ2v) is 7.03. The molecule has 30 heavy (non-hydrogen) atoms. The number of ether oxygens (including phenoxy) is 1. The Morgan fingerprint density at radius 2 is 2.33 bits per heavy atom. The van der Waals surface area contributed by atoms with Crippen molar-refractivity contribution in [3.05, 3.63) is 65.1 Å². The molecule has 0 aromatic heterocycles. The predicted molar refractivity (Wildman–Crippen MR) is 121 cm³/mol. The molecule has 1 heterocycles. The van der Waals surface area contributed by atoms with Crippen molar-refractivity contribution in [3.63, 3.8) is 0 Å². The largest absolute Gasteiger partial charge is 0.508 e. The van der Waals surface area contributed by atoms with Crippen LogP contribution in [-0.2, 0) is 4.74 Å². The number of hydrogen-bond acceptors (Lipinski definition) is 6. The second kappa shape index (κ2) is 12.5. The Kier molecular flexibility index (Phi) is 9.65. The lowest BCUT2D eigenvalue weighted by Crippen LogP contribution is -2.18. The first-order valence-electron chi connectivity index (χ1n) is 10.0. The van der Waals surface area contributed by atoms with Crippen LogP contribution in [0, 0.1) is 17.2 Å². The van der Waals surface area contributed by atoms with Crippen LogP contribution in [0.1, 0.15) is 18.4 Å². The maximum absolute atomic E-state index is 9.75. The lowest BCUT2D eigenvalue weighted by molar-refractivity contribution is 0.201. The molecule has 7 heteroatoms. The molecule has 1 aromatic carbocycles. The first kappa shape index (κ1) is 23.2. The van der Waals surface area contributed by atoms with E-state index in [4.69, 9.17) is 15.7 Å². The van der Waals surface area contributed by atoms with Gasteiger partial charge in [0, 0.05) is 38.3 Å². The minimum atomic E-state index is 0.0511. The molecule has 0 bridgehead atoms. The van der Waals surface area contributed by atoms with Gasteiger partial charge in [0.2, 0.25) is 0 Å². The Morgan fingerprint density at radius 1 is 1.50 bits per heavy atom. The Labute approximate surface area is 178 Å². The lowest BCUT2D eigenvalue weighted by atomic mass is 9.93. The van der Waals surface area contributed by atoms with E-state index in [1.165, 1.54) is 11.9 Å². The number of benzene rings is 1. The molecule has 4 N–H and O–H groups in total. The maximum Gasteiger partial charge on any atom is 0.111 e. The number of aliphatic hydroxyl groups is 1. The summed E-state index contributed by atoms with van der Waals surface area (Å²) in [7, 11) is 3.59. The van der Waals surface area contributed by atoms with E-state index < -0.39 is 0 Å². The number of aliphatic hydroxyl groups excluding tert-OH is 1. The van der Waals surface area contributed by atoms with Crippen molar-refractivity contribution in [1.29, 1.82) is 5.26 Å². The van der Waals surface area contributed by atoms with Crippen molar-refractivity contribution < 1.29 is 9.84 Å². The molecule has 0 spiro atoms. The van der Waals surface area contributed by atoms with Gasteiger partial charge in [-0.3, -0.25) is 0 Å². The highest BCUT2D eigenvalue weighted by molar-refractivity contribution is 5.57. The summed E-state index contributed by atoms with van der Waals surface area (Å²) in [5, 5.41) is 21.8. The quantitative estimate of drug-likeness (QED) is 0.379. The van der Waals surface area contributed by atoms with Crippen LogP contribution in [0.15, 0.2) is 64.5 Å². The van der Waals surface area contributed by atoms with Crippen molar-refractivity contribution in [2.45, 2.75) is 12.8 Å². The van der Waals surface area contributed by atoms with Crippen LogP contribution in [0.25, 0.3) is 0 Å². The van der Waals surface area contributed by atoms with Gasteiger partial charge in [-0.15, -0.1) is 0 Å². The molecular weight excluding hydrogens is 378 g/mol. The van der Waals surface area contributed by atoms with Gasteiger partial charge in [0.05, 0.1) is 30.3 Å². The molecule has 1 atom stereocenters. The van der Waals surface area contributed by atoms with Crippen LogP contribution >= 0.6 is 0 Å².